The lowest BCUT2D eigenvalue weighted by atomic mass is 9.82. The number of hydrogen-bond acceptors (Lipinski definition) is 4. The average Bonchev–Trinajstić information content (AvgIpc) is 2.88. The van der Waals surface area contributed by atoms with Crippen LogP contribution in [0.15, 0.2) is 4.52 Å². The molecule has 0 bridgehead atoms. The minimum absolute atomic E-state index is 0.122. The molecule has 1 aliphatic rings. The Morgan fingerprint density at radius 3 is 2.71 bits per heavy atom. The van der Waals surface area contributed by atoms with Crippen molar-refractivity contribution in [2.45, 2.75) is 57.7 Å². The third-order valence-electron chi connectivity index (χ3n) is 3.69. The first-order valence-corrected chi connectivity index (χ1v) is 7.09. The molecule has 0 unspecified atom stereocenters. The highest BCUT2D eigenvalue weighted by Gasteiger charge is 2.37. The highest BCUT2D eigenvalue weighted by molar-refractivity contribution is 5.90. The monoisotopic (exact) mass is 305 g/mol. The summed E-state index contributed by atoms with van der Waals surface area (Å²) >= 11 is 0. The van der Waals surface area contributed by atoms with E-state index >= 15 is 0 Å². The van der Waals surface area contributed by atoms with Crippen molar-refractivity contribution in [3.05, 3.63) is 11.7 Å². The molecule has 0 aliphatic heterocycles. The highest BCUT2D eigenvalue weighted by Crippen LogP contribution is 2.34. The Morgan fingerprint density at radius 2 is 2.10 bits per heavy atom. The lowest BCUT2D eigenvalue weighted by Crippen LogP contribution is -2.43. The number of carbonyl (C=O) groups is 1. The van der Waals surface area contributed by atoms with Crippen LogP contribution >= 0.6 is 0 Å². The van der Waals surface area contributed by atoms with E-state index in [1.165, 1.54) is 0 Å². The summed E-state index contributed by atoms with van der Waals surface area (Å²) in [5.74, 6) is -0.948. The normalized spacial score (nSPS) is 23.0. The van der Waals surface area contributed by atoms with Gasteiger partial charge in [0.05, 0.1) is 0 Å². The predicted octanol–water partition coefficient (Wildman–Crippen LogP) is 2.87. The summed E-state index contributed by atoms with van der Waals surface area (Å²) in [4.78, 5) is 15.9. The van der Waals surface area contributed by atoms with Crippen LogP contribution in [-0.4, -0.2) is 28.3 Å². The van der Waals surface area contributed by atoms with Gasteiger partial charge in [0.2, 0.25) is 5.89 Å². The average molecular weight is 305 g/mol. The number of nitrogens with zero attached hydrogens (tertiary/aromatic N) is 2. The first-order valence-electron chi connectivity index (χ1n) is 7.09. The number of rotatable bonds is 4. The van der Waals surface area contributed by atoms with Gasteiger partial charge in [-0.15, -0.1) is 0 Å². The van der Waals surface area contributed by atoms with Crippen molar-refractivity contribution < 1.29 is 22.5 Å². The number of nitrogens with one attached hydrogen (secondary N) is 1. The molecule has 1 amide bonds. The standard InChI is InChI=1S/C13H18F3N3O2/c1-2-10-18-11(19-21-10)12(20)17-9-6-4-3-5-8(9)7-13(14,15)16/h8-9H,2-7H2,1H3,(H,17,20)/t8-,9-/m0/s1. The Balaban J connectivity index is 1.99. The maximum absolute atomic E-state index is 12.6. The van der Waals surface area contributed by atoms with Crippen LogP contribution in [0.25, 0.3) is 0 Å². The van der Waals surface area contributed by atoms with Gasteiger partial charge in [-0.25, -0.2) is 0 Å². The molecule has 1 aliphatic carbocycles. The van der Waals surface area contributed by atoms with Crippen molar-refractivity contribution in [2.24, 2.45) is 5.92 Å². The van der Waals surface area contributed by atoms with Crippen molar-refractivity contribution in [3.8, 4) is 0 Å². The van der Waals surface area contributed by atoms with Gasteiger partial charge in [0.15, 0.2) is 0 Å². The fraction of sp³-hybridized carbons (Fsp3) is 0.769. The maximum Gasteiger partial charge on any atom is 0.389 e. The molecule has 0 saturated heterocycles. The second-order valence-electron chi connectivity index (χ2n) is 5.31. The van der Waals surface area contributed by atoms with Gasteiger partial charge in [0.25, 0.3) is 11.7 Å². The zero-order valence-corrected chi connectivity index (χ0v) is 11.7. The van der Waals surface area contributed by atoms with Crippen molar-refractivity contribution >= 4 is 5.91 Å². The van der Waals surface area contributed by atoms with Crippen LogP contribution in [0.5, 0.6) is 0 Å². The SMILES string of the molecule is CCc1nc(C(=O)N[C@H]2CCCC[C@H]2CC(F)(F)F)no1. The van der Waals surface area contributed by atoms with E-state index in [9.17, 15) is 18.0 Å². The molecular weight excluding hydrogens is 287 g/mol. The van der Waals surface area contributed by atoms with E-state index in [2.05, 4.69) is 15.5 Å². The molecule has 1 N–H and O–H groups in total. The third-order valence-corrected chi connectivity index (χ3v) is 3.69. The summed E-state index contributed by atoms with van der Waals surface area (Å²) in [6, 6.07) is -0.489. The van der Waals surface area contributed by atoms with Gasteiger partial charge < -0.3 is 9.84 Å². The Bertz CT molecular complexity index is 487. The largest absolute Gasteiger partial charge is 0.389 e. The van der Waals surface area contributed by atoms with Crippen LogP contribution in [-0.2, 0) is 6.42 Å². The molecule has 1 aromatic rings. The molecule has 2 atom stereocenters. The summed E-state index contributed by atoms with van der Waals surface area (Å²) in [6.07, 6.45) is -2.00. The van der Waals surface area contributed by atoms with Gasteiger partial charge in [-0.05, 0) is 18.8 Å². The van der Waals surface area contributed by atoms with Crippen molar-refractivity contribution in [1.29, 1.82) is 0 Å². The van der Waals surface area contributed by atoms with Crippen molar-refractivity contribution in [1.82, 2.24) is 15.5 Å². The second kappa shape index (κ2) is 6.44. The maximum atomic E-state index is 12.6. The first kappa shape index (κ1) is 15.8. The van der Waals surface area contributed by atoms with Gasteiger partial charge in [-0.3, -0.25) is 4.79 Å². The molecule has 0 aromatic carbocycles. The van der Waals surface area contributed by atoms with E-state index in [4.69, 9.17) is 4.52 Å². The predicted molar refractivity (Wildman–Crippen MR) is 67.6 cm³/mol. The van der Waals surface area contributed by atoms with Crippen LogP contribution < -0.4 is 5.32 Å². The Labute approximate surface area is 120 Å². The Morgan fingerprint density at radius 1 is 1.38 bits per heavy atom. The second-order valence-corrected chi connectivity index (χ2v) is 5.31. The number of aryl methyl sites for hydroxylation is 1. The van der Waals surface area contributed by atoms with Crippen molar-refractivity contribution in [3.63, 3.8) is 0 Å². The molecule has 1 fully saturated rings. The van der Waals surface area contributed by atoms with Crippen LogP contribution in [0, 0.1) is 5.92 Å². The van der Waals surface area contributed by atoms with Gasteiger partial charge in [0.1, 0.15) is 0 Å². The number of amides is 1. The molecule has 21 heavy (non-hydrogen) atoms. The quantitative estimate of drug-likeness (QED) is 0.928. The fourth-order valence-electron chi connectivity index (χ4n) is 2.66. The summed E-state index contributed by atoms with van der Waals surface area (Å²) in [7, 11) is 0. The molecule has 1 aromatic heterocycles. The minimum Gasteiger partial charge on any atom is -0.346 e. The molecule has 0 radical (unpaired) electrons. The third kappa shape index (κ3) is 4.44. The fourth-order valence-corrected chi connectivity index (χ4v) is 2.66. The lowest BCUT2D eigenvalue weighted by molar-refractivity contribution is -0.148. The van der Waals surface area contributed by atoms with E-state index in [0.29, 0.717) is 25.2 Å². The molecule has 1 saturated carbocycles. The molecule has 5 nitrogen and oxygen atoms in total. The van der Waals surface area contributed by atoms with Crippen LogP contribution in [0.3, 0.4) is 0 Å². The minimum atomic E-state index is -4.22. The number of hydrogen-bond donors (Lipinski definition) is 1. The molecule has 1 heterocycles. The van der Waals surface area contributed by atoms with E-state index in [1.54, 1.807) is 6.92 Å². The first-order chi connectivity index (χ1) is 9.89. The molecule has 118 valence electrons. The number of aromatic nitrogens is 2. The zero-order chi connectivity index (χ0) is 15.5. The van der Waals surface area contributed by atoms with Gasteiger partial charge in [-0.2, -0.15) is 18.2 Å². The zero-order valence-electron chi connectivity index (χ0n) is 11.7. The van der Waals surface area contributed by atoms with E-state index in [0.717, 1.165) is 12.8 Å². The molecule has 0 spiro atoms. The van der Waals surface area contributed by atoms with Gasteiger partial charge >= 0.3 is 6.18 Å². The number of carbonyl (C=O) groups excluding carboxylic acids is 1. The van der Waals surface area contributed by atoms with E-state index in [-0.39, 0.29) is 5.82 Å². The molecule has 2 rings (SSSR count). The smallest absolute Gasteiger partial charge is 0.346 e. The van der Waals surface area contributed by atoms with Crippen molar-refractivity contribution in [2.75, 3.05) is 0 Å². The van der Waals surface area contributed by atoms with Gasteiger partial charge in [0, 0.05) is 18.9 Å². The van der Waals surface area contributed by atoms with E-state index in [1.807, 2.05) is 0 Å². The Hall–Kier alpha value is -1.60. The lowest BCUT2D eigenvalue weighted by Gasteiger charge is -2.32. The van der Waals surface area contributed by atoms with E-state index < -0.39 is 30.5 Å². The summed E-state index contributed by atoms with van der Waals surface area (Å²) in [5, 5.41) is 6.15. The summed E-state index contributed by atoms with van der Waals surface area (Å²) in [6.45, 7) is 1.80. The molecule has 8 heteroatoms. The highest BCUT2D eigenvalue weighted by atomic mass is 19.4. The topological polar surface area (TPSA) is 68.0 Å². The summed E-state index contributed by atoms with van der Waals surface area (Å²) < 4.78 is 42.5. The van der Waals surface area contributed by atoms with Crippen LogP contribution in [0.2, 0.25) is 0 Å². The summed E-state index contributed by atoms with van der Waals surface area (Å²) in [5.41, 5.74) is 0. The van der Waals surface area contributed by atoms with Crippen LogP contribution in [0.4, 0.5) is 13.2 Å². The molecular formula is C13H18F3N3O2. The van der Waals surface area contributed by atoms with Crippen LogP contribution in [0.1, 0.15) is 55.5 Å². The Kier molecular flexibility index (Phi) is 4.84. The number of alkyl halides is 3. The van der Waals surface area contributed by atoms with Gasteiger partial charge in [-0.1, -0.05) is 24.9 Å². The number of halogens is 3.